The number of hydrogen-bond acceptors (Lipinski definition) is 6. The van der Waals surface area contributed by atoms with Crippen molar-refractivity contribution in [2.45, 2.75) is 118 Å². The van der Waals surface area contributed by atoms with Gasteiger partial charge < -0.3 is 19.3 Å². The van der Waals surface area contributed by atoms with Crippen LogP contribution in [-0.2, 0) is 23.8 Å². The summed E-state index contributed by atoms with van der Waals surface area (Å²) in [6.07, 6.45) is 7.06. The topological polar surface area (TPSA) is 82.1 Å². The maximum atomic E-state index is 14.6. The molecule has 5 aliphatic carbocycles. The molecule has 0 aromatic heterocycles. The zero-order chi connectivity index (χ0) is 29.3. The number of rotatable bonds is 1. The number of aliphatic hydroxyl groups is 1. The quantitative estimate of drug-likeness (QED) is 0.393. The molecule has 40 heavy (non-hydrogen) atoms. The Hall–Kier alpha value is -1.24. The molecule has 1 heterocycles. The van der Waals surface area contributed by atoms with Crippen molar-refractivity contribution in [3.05, 3.63) is 11.6 Å². The van der Waals surface area contributed by atoms with Crippen molar-refractivity contribution < 1.29 is 28.9 Å². The van der Waals surface area contributed by atoms with Crippen molar-refractivity contribution in [1.82, 2.24) is 0 Å². The highest BCUT2D eigenvalue weighted by Crippen LogP contribution is 2.75. The summed E-state index contributed by atoms with van der Waals surface area (Å²) in [5, 5.41) is 11.6. The first-order valence-corrected chi connectivity index (χ1v) is 15.8. The van der Waals surface area contributed by atoms with E-state index in [1.165, 1.54) is 12.7 Å². The summed E-state index contributed by atoms with van der Waals surface area (Å²) in [5.74, 6) is 0.194. The average molecular weight is 557 g/mol. The molecule has 6 rings (SSSR count). The Bertz CT molecular complexity index is 1140. The van der Waals surface area contributed by atoms with E-state index in [9.17, 15) is 14.7 Å². The van der Waals surface area contributed by atoms with Gasteiger partial charge in [0.15, 0.2) is 11.6 Å². The van der Waals surface area contributed by atoms with Crippen molar-refractivity contribution >= 4 is 11.8 Å². The fraction of sp³-hybridized carbons (Fsp3) is 0.882. The maximum absolute atomic E-state index is 14.6. The van der Waals surface area contributed by atoms with Crippen molar-refractivity contribution in [2.75, 3.05) is 13.7 Å². The molecule has 0 aromatic rings. The number of aliphatic hydroxyl groups excluding tert-OH is 1. The van der Waals surface area contributed by atoms with Crippen LogP contribution in [0.15, 0.2) is 11.6 Å². The lowest BCUT2D eigenvalue weighted by Crippen LogP contribution is -2.72. The summed E-state index contributed by atoms with van der Waals surface area (Å²) >= 11 is 0. The highest BCUT2D eigenvalue weighted by atomic mass is 16.7. The summed E-state index contributed by atoms with van der Waals surface area (Å²) in [4.78, 5) is 28.1. The molecule has 224 valence electrons. The van der Waals surface area contributed by atoms with Gasteiger partial charge in [-0.15, -0.1) is 0 Å². The van der Waals surface area contributed by atoms with Gasteiger partial charge in [-0.25, -0.2) is 0 Å². The molecule has 0 spiro atoms. The monoisotopic (exact) mass is 556 g/mol. The van der Waals surface area contributed by atoms with Gasteiger partial charge in [-0.2, -0.15) is 0 Å². The zero-order valence-corrected chi connectivity index (χ0v) is 26.3. The molecular weight excluding hydrogens is 504 g/mol. The van der Waals surface area contributed by atoms with Crippen LogP contribution in [0.2, 0.25) is 0 Å². The number of ether oxygens (including phenoxy) is 3. The van der Waals surface area contributed by atoms with Gasteiger partial charge in [0.1, 0.15) is 0 Å². The number of ketones is 1. The van der Waals surface area contributed by atoms with Crippen LogP contribution < -0.4 is 0 Å². The number of fused-ring (bicyclic) bond motifs is 9. The zero-order valence-electron chi connectivity index (χ0n) is 26.3. The van der Waals surface area contributed by atoms with Crippen LogP contribution in [0.25, 0.3) is 0 Å². The summed E-state index contributed by atoms with van der Waals surface area (Å²) in [5.41, 5.74) is -0.537. The lowest BCUT2D eigenvalue weighted by molar-refractivity contribution is -0.367. The fourth-order valence-corrected chi connectivity index (χ4v) is 11.9. The first kappa shape index (κ1) is 28.9. The Morgan fingerprint density at radius 1 is 1.00 bits per heavy atom. The fourth-order valence-electron chi connectivity index (χ4n) is 11.9. The average Bonchev–Trinajstić information content (AvgIpc) is 2.87. The summed E-state index contributed by atoms with van der Waals surface area (Å²) in [7, 11) is 1.52. The molecular formula is C34H52O6. The minimum atomic E-state index is -0.726. The molecule has 0 unspecified atom stereocenters. The van der Waals surface area contributed by atoms with E-state index in [1.807, 2.05) is 19.9 Å². The van der Waals surface area contributed by atoms with Crippen LogP contribution in [-0.4, -0.2) is 48.6 Å². The van der Waals surface area contributed by atoms with Crippen LogP contribution in [0, 0.1) is 56.7 Å². The molecule has 0 aromatic carbocycles. The third-order valence-electron chi connectivity index (χ3n) is 14.2. The van der Waals surface area contributed by atoms with E-state index in [2.05, 4.69) is 41.5 Å². The van der Waals surface area contributed by atoms with Gasteiger partial charge in [-0.3, -0.25) is 9.59 Å². The van der Waals surface area contributed by atoms with E-state index in [0.717, 1.165) is 38.5 Å². The van der Waals surface area contributed by atoms with Crippen LogP contribution in [0.4, 0.5) is 0 Å². The second-order valence-corrected chi connectivity index (χ2v) is 16.3. The van der Waals surface area contributed by atoms with E-state index < -0.39 is 17.3 Å². The van der Waals surface area contributed by atoms with Crippen molar-refractivity contribution in [1.29, 1.82) is 0 Å². The normalized spacial score (nSPS) is 55.0. The van der Waals surface area contributed by atoms with E-state index in [1.54, 1.807) is 0 Å². The van der Waals surface area contributed by atoms with Gasteiger partial charge in [-0.1, -0.05) is 47.1 Å². The van der Waals surface area contributed by atoms with Gasteiger partial charge >= 0.3 is 5.97 Å². The molecule has 5 fully saturated rings. The van der Waals surface area contributed by atoms with E-state index >= 15 is 0 Å². The smallest absolute Gasteiger partial charge is 0.312 e. The highest BCUT2D eigenvalue weighted by Gasteiger charge is 2.73. The van der Waals surface area contributed by atoms with Crippen LogP contribution in [0.1, 0.15) is 100 Å². The molecule has 6 aliphatic rings. The molecule has 1 saturated heterocycles. The minimum absolute atomic E-state index is 0.0240. The molecule has 6 heteroatoms. The third-order valence-corrected chi connectivity index (χ3v) is 14.2. The van der Waals surface area contributed by atoms with E-state index in [0.29, 0.717) is 24.9 Å². The molecule has 6 nitrogen and oxygen atoms in total. The second-order valence-electron chi connectivity index (χ2n) is 16.3. The van der Waals surface area contributed by atoms with E-state index in [-0.39, 0.29) is 57.3 Å². The first-order chi connectivity index (χ1) is 18.5. The van der Waals surface area contributed by atoms with Crippen molar-refractivity contribution in [3.63, 3.8) is 0 Å². The Balaban J connectivity index is 1.46. The number of esters is 1. The minimum Gasteiger partial charge on any atom is -0.469 e. The van der Waals surface area contributed by atoms with Crippen molar-refractivity contribution in [2.24, 2.45) is 56.7 Å². The maximum Gasteiger partial charge on any atom is 0.312 e. The molecule has 1 N–H and O–H groups in total. The Morgan fingerprint density at radius 3 is 2.38 bits per heavy atom. The van der Waals surface area contributed by atoms with Gasteiger partial charge in [0, 0.05) is 11.3 Å². The number of methoxy groups -OCH3 is 1. The molecule has 0 radical (unpaired) electrons. The van der Waals surface area contributed by atoms with Crippen LogP contribution in [0.3, 0.4) is 0 Å². The Kier molecular flexibility index (Phi) is 6.25. The number of carbonyl (C=O) groups excluding carboxylic acids is 2. The molecule has 1 aliphatic heterocycles. The number of allylic oxidation sites excluding steroid dienone is 2. The highest BCUT2D eigenvalue weighted by molar-refractivity contribution is 5.96. The molecule has 0 bridgehead atoms. The predicted octanol–water partition coefficient (Wildman–Crippen LogP) is 6.10. The lowest BCUT2D eigenvalue weighted by atomic mass is 9.33. The lowest BCUT2D eigenvalue weighted by Gasteiger charge is -2.71. The number of hydrogen-bond donors (Lipinski definition) is 1. The third kappa shape index (κ3) is 3.39. The van der Waals surface area contributed by atoms with Gasteiger partial charge in [0.05, 0.1) is 31.3 Å². The summed E-state index contributed by atoms with van der Waals surface area (Å²) < 4.78 is 18.1. The largest absolute Gasteiger partial charge is 0.469 e. The molecule has 0 amide bonds. The van der Waals surface area contributed by atoms with Crippen LogP contribution >= 0.6 is 0 Å². The van der Waals surface area contributed by atoms with Gasteiger partial charge in [-0.05, 0) is 105 Å². The SMILES string of the molecule is COC(=O)[C@]12CC[C@@H](C)[C@H](C)[C@H]1C1=CC(=O)[C@@H]3[C@@]4(C)C[C@@H](O)[C@@H]5OC(C)(C)OC[C@@]5(C)[C@@H]4CC[C@@]3(C)[C@]1(C)CC2. The Labute approximate surface area is 241 Å². The molecule has 12 atom stereocenters. The summed E-state index contributed by atoms with van der Waals surface area (Å²) in [6, 6.07) is 0. The molecule has 4 saturated carbocycles. The van der Waals surface area contributed by atoms with E-state index in [4.69, 9.17) is 14.2 Å². The standard InChI is InChI=1S/C34H52O6/c1-19-10-13-34(28(37)38-9)15-14-32(7)21(25(34)20(19)2)16-22(35)26-30(5)17-23(36)27-31(6,18-39-29(3,4)40-27)24(30)11-12-33(26,32)8/h16,19-20,23-27,36H,10-15,17-18H2,1-9H3/t19-,20+,23-,24-,25+,26-,27+,30+,31+,32-,33-,34+/m1/s1. The van der Waals surface area contributed by atoms with Gasteiger partial charge in [0.2, 0.25) is 0 Å². The second kappa shape index (κ2) is 8.66. The van der Waals surface area contributed by atoms with Crippen molar-refractivity contribution in [3.8, 4) is 0 Å². The Morgan fingerprint density at radius 2 is 1.70 bits per heavy atom. The first-order valence-electron chi connectivity index (χ1n) is 15.8. The summed E-state index contributed by atoms with van der Waals surface area (Å²) in [6.45, 7) is 18.2. The van der Waals surface area contributed by atoms with Crippen LogP contribution in [0.5, 0.6) is 0 Å². The van der Waals surface area contributed by atoms with Gasteiger partial charge in [0.25, 0.3) is 0 Å². The number of carbonyl (C=O) groups is 2. The predicted molar refractivity (Wildman–Crippen MR) is 152 cm³/mol.